The molecule has 1 fully saturated rings. The number of rotatable bonds is 5. The minimum atomic E-state index is -2.12. The van der Waals surface area contributed by atoms with E-state index in [1.54, 1.807) is 15.4 Å². The first kappa shape index (κ1) is 23.1. The fourth-order valence-corrected chi connectivity index (χ4v) is 6.29. The van der Waals surface area contributed by atoms with Crippen LogP contribution in [0.5, 0.6) is 0 Å². The third-order valence-corrected chi connectivity index (χ3v) is 8.45. The van der Waals surface area contributed by atoms with Crippen molar-refractivity contribution >= 4 is 21.1 Å². The fourth-order valence-electron chi connectivity index (χ4n) is 4.25. The Hall–Kier alpha value is -3.71. The molecule has 0 aromatic carbocycles. The van der Waals surface area contributed by atoms with Gasteiger partial charge in [0.2, 0.25) is 0 Å². The van der Waals surface area contributed by atoms with Crippen molar-refractivity contribution in [3.05, 3.63) is 54.7 Å². The maximum atomic E-state index is 13.0. The van der Waals surface area contributed by atoms with Crippen molar-refractivity contribution < 1.29 is 4.21 Å². The summed E-state index contributed by atoms with van der Waals surface area (Å²) in [5.41, 5.74) is 4.96. The summed E-state index contributed by atoms with van der Waals surface area (Å²) >= 11 is 0. The van der Waals surface area contributed by atoms with Crippen LogP contribution in [0.2, 0.25) is 0 Å². The highest BCUT2D eigenvalue weighted by Gasteiger charge is 2.22. The van der Waals surface area contributed by atoms with Crippen LogP contribution in [-0.2, 0) is 16.8 Å². The Morgan fingerprint density at radius 2 is 1.89 bits per heavy atom. The van der Waals surface area contributed by atoms with E-state index in [-0.39, 0.29) is 0 Å². The van der Waals surface area contributed by atoms with E-state index in [1.165, 1.54) is 0 Å². The van der Waals surface area contributed by atoms with E-state index >= 15 is 0 Å². The lowest BCUT2D eigenvalue weighted by atomic mass is 10.0. The summed E-state index contributed by atoms with van der Waals surface area (Å²) in [6.07, 6.45) is 9.09. The van der Waals surface area contributed by atoms with Gasteiger partial charge in [0, 0.05) is 72.5 Å². The number of fused-ring (bicyclic) bond motifs is 1. The van der Waals surface area contributed by atoms with Gasteiger partial charge in [-0.05, 0) is 24.1 Å². The highest BCUT2D eigenvalue weighted by molar-refractivity contribution is 7.93. The Morgan fingerprint density at radius 3 is 2.51 bits per heavy atom. The van der Waals surface area contributed by atoms with Gasteiger partial charge < -0.3 is 4.90 Å². The molecule has 0 N–H and O–H groups in total. The number of anilines is 1. The van der Waals surface area contributed by atoms with Crippen molar-refractivity contribution in [3.8, 4) is 28.3 Å². The predicted octanol–water partition coefficient (Wildman–Crippen LogP) is 3.61. The van der Waals surface area contributed by atoms with Crippen LogP contribution in [-0.4, -0.2) is 59.7 Å². The van der Waals surface area contributed by atoms with Crippen LogP contribution >= 0.6 is 0 Å². The van der Waals surface area contributed by atoms with Gasteiger partial charge in [-0.2, -0.15) is 15.5 Å². The maximum absolute atomic E-state index is 13.0. The van der Waals surface area contributed by atoms with Crippen LogP contribution in [0, 0.1) is 17.2 Å². The number of hydrogen-bond acceptors (Lipinski definition) is 7. The summed E-state index contributed by atoms with van der Waals surface area (Å²) in [4.78, 5) is 6.89. The lowest BCUT2D eigenvalue weighted by Crippen LogP contribution is -2.40. The summed E-state index contributed by atoms with van der Waals surface area (Å²) in [6.45, 7) is 6.19. The topological polar surface area (TPSA) is 104 Å². The van der Waals surface area contributed by atoms with E-state index in [0.717, 1.165) is 33.6 Å². The van der Waals surface area contributed by atoms with Crippen molar-refractivity contribution in [2.24, 2.45) is 17.3 Å². The molecule has 0 amide bonds. The summed E-state index contributed by atoms with van der Waals surface area (Å²) in [5.74, 6) is 2.41. The van der Waals surface area contributed by atoms with Gasteiger partial charge in [0.25, 0.3) is 0 Å². The average molecular weight is 489 g/mol. The molecule has 4 aromatic rings. The Labute approximate surface area is 205 Å². The van der Waals surface area contributed by atoms with Gasteiger partial charge in [-0.25, -0.2) is 18.1 Å². The SMILES string of the molecule is CC(C)CN=S1(=O)CCN(c2ccc(-c3cc(-c4cnn(C)c4)cn4ncc(C#N)c34)cn2)CC1. The molecule has 0 atom stereocenters. The highest BCUT2D eigenvalue weighted by atomic mass is 32.2. The minimum Gasteiger partial charge on any atom is -0.355 e. The molecule has 1 aliphatic heterocycles. The lowest BCUT2D eigenvalue weighted by Gasteiger charge is -2.30. The van der Waals surface area contributed by atoms with E-state index in [4.69, 9.17) is 4.98 Å². The lowest BCUT2D eigenvalue weighted by molar-refractivity contribution is 0.641. The molecule has 0 unspecified atom stereocenters. The zero-order valence-corrected chi connectivity index (χ0v) is 20.9. The molecule has 0 spiro atoms. The van der Waals surface area contributed by atoms with E-state index < -0.39 is 9.73 Å². The van der Waals surface area contributed by atoms with Crippen LogP contribution in [0.15, 0.2) is 53.5 Å². The first-order chi connectivity index (χ1) is 16.8. The number of pyridine rings is 2. The largest absolute Gasteiger partial charge is 0.355 e. The second-order valence-electron chi connectivity index (χ2n) is 9.29. The molecule has 1 aliphatic rings. The third-order valence-electron chi connectivity index (χ3n) is 6.19. The molecule has 4 aromatic heterocycles. The van der Waals surface area contributed by atoms with Crippen LogP contribution in [0.25, 0.3) is 27.8 Å². The first-order valence-electron chi connectivity index (χ1n) is 11.7. The number of aryl methyl sites for hydroxylation is 1. The van der Waals surface area contributed by atoms with Crippen molar-refractivity contribution in [1.82, 2.24) is 24.4 Å². The Kier molecular flexibility index (Phi) is 6.03. The monoisotopic (exact) mass is 488 g/mol. The zero-order chi connectivity index (χ0) is 24.6. The smallest absolute Gasteiger partial charge is 0.128 e. The number of aromatic nitrogens is 5. The summed E-state index contributed by atoms with van der Waals surface area (Å²) in [6, 6.07) is 8.31. The molecule has 5 heterocycles. The van der Waals surface area contributed by atoms with E-state index in [9.17, 15) is 9.47 Å². The number of nitriles is 1. The van der Waals surface area contributed by atoms with Gasteiger partial charge in [0.1, 0.15) is 11.9 Å². The minimum absolute atomic E-state index is 0.418. The molecule has 0 radical (unpaired) electrons. The van der Waals surface area contributed by atoms with E-state index in [2.05, 4.69) is 45.4 Å². The molecular weight excluding hydrogens is 460 g/mol. The normalized spacial score (nSPS) is 15.5. The standard InChI is InChI=1S/C25H28N8OS/c1-18(2)12-30-35(34)8-6-32(7-9-35)24-5-4-19(13-27-24)23-10-20(22-15-28-31(3)16-22)17-33-25(23)21(11-26)14-29-33/h4-5,10,13-18H,6-9,12H2,1-3H3. The van der Waals surface area contributed by atoms with Crippen molar-refractivity contribution in [2.45, 2.75) is 13.8 Å². The Morgan fingerprint density at radius 1 is 1.09 bits per heavy atom. The third kappa shape index (κ3) is 4.64. The number of hydrogen-bond donors (Lipinski definition) is 0. The molecule has 10 heteroatoms. The maximum Gasteiger partial charge on any atom is 0.128 e. The van der Waals surface area contributed by atoms with Crippen molar-refractivity contribution in [2.75, 3.05) is 36.0 Å². The van der Waals surface area contributed by atoms with Gasteiger partial charge in [-0.1, -0.05) is 13.8 Å². The summed E-state index contributed by atoms with van der Waals surface area (Å²) in [5, 5.41) is 18.3. The zero-order valence-electron chi connectivity index (χ0n) is 20.1. The molecule has 0 saturated carbocycles. The van der Waals surface area contributed by atoms with Crippen molar-refractivity contribution in [3.63, 3.8) is 0 Å². The van der Waals surface area contributed by atoms with Crippen molar-refractivity contribution in [1.29, 1.82) is 5.26 Å². The van der Waals surface area contributed by atoms with E-state index in [1.807, 2.05) is 44.0 Å². The van der Waals surface area contributed by atoms with Gasteiger partial charge in [0.05, 0.1) is 39.7 Å². The molecule has 180 valence electrons. The number of nitrogens with zero attached hydrogens (tertiary/aromatic N) is 8. The molecule has 0 bridgehead atoms. The van der Waals surface area contributed by atoms with Crippen LogP contribution in [0.3, 0.4) is 0 Å². The Bertz CT molecular complexity index is 1520. The van der Waals surface area contributed by atoms with Crippen LogP contribution in [0.1, 0.15) is 19.4 Å². The second-order valence-corrected chi connectivity index (χ2v) is 11.9. The van der Waals surface area contributed by atoms with Gasteiger partial charge >= 0.3 is 0 Å². The van der Waals surface area contributed by atoms with Crippen LogP contribution < -0.4 is 4.90 Å². The van der Waals surface area contributed by atoms with Gasteiger partial charge in [-0.3, -0.25) is 4.68 Å². The molecule has 9 nitrogen and oxygen atoms in total. The average Bonchev–Trinajstić information content (AvgIpc) is 3.49. The van der Waals surface area contributed by atoms with E-state index in [0.29, 0.717) is 42.6 Å². The quantitative estimate of drug-likeness (QED) is 0.425. The highest BCUT2D eigenvalue weighted by Crippen LogP contribution is 2.32. The second kappa shape index (κ2) is 9.15. The Balaban J connectivity index is 1.45. The first-order valence-corrected chi connectivity index (χ1v) is 13.5. The fraction of sp³-hybridized carbons (Fsp3) is 0.360. The van der Waals surface area contributed by atoms with Gasteiger partial charge in [-0.15, -0.1) is 0 Å². The molecule has 0 aliphatic carbocycles. The molecular formula is C25H28N8OS. The summed E-state index contributed by atoms with van der Waals surface area (Å²) in [7, 11) is -0.244. The predicted molar refractivity (Wildman–Crippen MR) is 138 cm³/mol. The van der Waals surface area contributed by atoms with Gasteiger partial charge in [0.15, 0.2) is 0 Å². The van der Waals surface area contributed by atoms with Crippen LogP contribution in [0.4, 0.5) is 5.82 Å². The summed E-state index contributed by atoms with van der Waals surface area (Å²) < 4.78 is 21.0. The molecule has 35 heavy (non-hydrogen) atoms. The molecule has 1 saturated heterocycles. The molecule has 5 rings (SSSR count).